The molecule has 1 amide bonds. The molecule has 11 nitrogen and oxygen atoms in total. The molecule has 0 aliphatic heterocycles. The number of thioether (sulfide) groups is 1. The molecule has 3 rings (SSSR count). The number of methoxy groups -OCH3 is 1. The van der Waals surface area contributed by atoms with Crippen LogP contribution in [-0.2, 0) is 15.8 Å². The summed E-state index contributed by atoms with van der Waals surface area (Å²) in [6, 6.07) is 5.32. The van der Waals surface area contributed by atoms with E-state index in [1.807, 2.05) is 0 Å². The number of aryl methyl sites for hydroxylation is 2. The Bertz CT molecular complexity index is 1370. The molecule has 214 valence electrons. The summed E-state index contributed by atoms with van der Waals surface area (Å²) in [5, 5.41) is 17.1. The molecule has 15 heteroatoms. The lowest BCUT2D eigenvalue weighted by Gasteiger charge is -2.18. The van der Waals surface area contributed by atoms with E-state index in [0.717, 1.165) is 5.56 Å². The summed E-state index contributed by atoms with van der Waals surface area (Å²) >= 11 is 1.21. The first kappa shape index (κ1) is 30.4. The summed E-state index contributed by atoms with van der Waals surface area (Å²) in [7, 11) is 1.43. The van der Waals surface area contributed by atoms with Crippen molar-refractivity contribution >= 4 is 52.5 Å². The Morgan fingerprint density at radius 3 is 2.52 bits per heavy atom. The van der Waals surface area contributed by atoms with Crippen molar-refractivity contribution in [2.75, 3.05) is 34.6 Å². The molecule has 2 aromatic heterocycles. The highest BCUT2D eigenvalue weighted by atomic mass is 32.2. The van der Waals surface area contributed by atoms with E-state index in [2.05, 4.69) is 30.9 Å². The number of nitrogens with one attached hydrogen (secondary N) is 3. The molecular weight excluding hydrogens is 551 g/mol. The summed E-state index contributed by atoms with van der Waals surface area (Å²) in [6.07, 6.45) is -2.53. The van der Waals surface area contributed by atoms with Crippen LogP contribution in [-0.4, -0.2) is 56.6 Å². The quantitative estimate of drug-likeness (QED) is 0.192. The maximum atomic E-state index is 13.8. The molecule has 0 bridgehead atoms. The molecule has 3 aromatic rings. The minimum atomic E-state index is -4.77. The van der Waals surface area contributed by atoms with Crippen molar-refractivity contribution in [1.82, 2.24) is 15.0 Å². The molecule has 0 aliphatic carbocycles. The van der Waals surface area contributed by atoms with Gasteiger partial charge in [0.05, 0.1) is 24.2 Å². The number of ether oxygens (including phenoxy) is 1. The van der Waals surface area contributed by atoms with E-state index in [-0.39, 0.29) is 29.5 Å². The molecule has 1 unspecified atom stereocenters. The number of carbonyl (C=O) groups is 2. The number of anilines is 5. The monoisotopic (exact) mass is 579 g/mol. The average Bonchev–Trinajstić information content (AvgIpc) is 2.88. The van der Waals surface area contributed by atoms with Crippen molar-refractivity contribution in [3.8, 4) is 5.88 Å². The van der Waals surface area contributed by atoms with E-state index in [1.165, 1.54) is 31.1 Å². The van der Waals surface area contributed by atoms with E-state index in [1.54, 1.807) is 32.0 Å². The Hall–Kier alpha value is -4.11. The minimum absolute atomic E-state index is 0.0362. The molecular formula is C25H28F3N7O4S. The van der Waals surface area contributed by atoms with Crippen LogP contribution in [0.1, 0.15) is 23.1 Å². The second kappa shape index (κ2) is 13.3. The number of rotatable bonds is 12. The molecule has 0 spiro atoms. The molecule has 1 aromatic carbocycles. The van der Waals surface area contributed by atoms with E-state index >= 15 is 0 Å². The smallest absolute Gasteiger partial charge is 0.421 e. The molecule has 0 aliphatic rings. The van der Waals surface area contributed by atoms with Crippen molar-refractivity contribution in [2.45, 2.75) is 32.5 Å². The van der Waals surface area contributed by atoms with Crippen molar-refractivity contribution in [3.63, 3.8) is 0 Å². The molecule has 40 heavy (non-hydrogen) atoms. The summed E-state index contributed by atoms with van der Waals surface area (Å²) < 4.78 is 46.6. The predicted octanol–water partition coefficient (Wildman–Crippen LogP) is 4.48. The molecule has 0 saturated heterocycles. The van der Waals surface area contributed by atoms with Gasteiger partial charge >= 0.3 is 12.1 Å². The number of hydrogen-bond donors (Lipinski definition) is 5. The van der Waals surface area contributed by atoms with Crippen LogP contribution in [0.2, 0.25) is 0 Å². The Labute approximate surface area is 232 Å². The van der Waals surface area contributed by atoms with Crippen LogP contribution >= 0.6 is 11.8 Å². The molecule has 0 radical (unpaired) electrons. The number of carboxylic acids is 1. The van der Waals surface area contributed by atoms with Crippen LogP contribution in [0.25, 0.3) is 0 Å². The van der Waals surface area contributed by atoms with Gasteiger partial charge in [0.1, 0.15) is 17.4 Å². The fourth-order valence-corrected chi connectivity index (χ4v) is 4.17. The van der Waals surface area contributed by atoms with Crippen molar-refractivity contribution in [2.24, 2.45) is 5.73 Å². The summed E-state index contributed by atoms with van der Waals surface area (Å²) in [5.41, 5.74) is 6.70. The number of benzene rings is 1. The Morgan fingerprint density at radius 1 is 1.10 bits per heavy atom. The van der Waals surface area contributed by atoms with Crippen LogP contribution < -0.4 is 26.4 Å². The third kappa shape index (κ3) is 8.44. The Morgan fingerprint density at radius 2 is 1.85 bits per heavy atom. The number of aliphatic carboxylic acids is 1. The highest BCUT2D eigenvalue weighted by molar-refractivity contribution is 7.99. The maximum Gasteiger partial charge on any atom is 0.421 e. The lowest BCUT2D eigenvalue weighted by atomic mass is 10.1. The van der Waals surface area contributed by atoms with E-state index < -0.39 is 35.5 Å². The number of pyridine rings is 1. The number of halogens is 3. The van der Waals surface area contributed by atoms with Crippen LogP contribution in [0.4, 0.5) is 42.0 Å². The van der Waals surface area contributed by atoms with Gasteiger partial charge in [0.25, 0.3) is 0 Å². The van der Waals surface area contributed by atoms with Gasteiger partial charge in [-0.3, -0.25) is 9.59 Å². The summed E-state index contributed by atoms with van der Waals surface area (Å²) in [4.78, 5) is 35.3. The first-order valence-electron chi connectivity index (χ1n) is 11.8. The number of nitrogens with zero attached hydrogens (tertiary/aromatic N) is 3. The normalized spacial score (nSPS) is 12.0. The van der Waals surface area contributed by atoms with E-state index in [4.69, 9.17) is 15.6 Å². The standard InChI is InChI=1S/C25H28F3N7O4S/c1-13-4-5-17(19(8-13)32-20(36)6-7-40-12-16(29)23(37)38)33-22-15(25(26,27)28)11-31-24(35-22)34-18-9-21(39-3)30-10-14(18)2/h4-5,8-11,16H,6-7,12,29H2,1-3H3,(H,32,36)(H,37,38)(H2,30,31,33,34,35). The van der Waals surface area contributed by atoms with Gasteiger partial charge in [0, 0.05) is 36.4 Å². The van der Waals surface area contributed by atoms with Crippen LogP contribution in [0.5, 0.6) is 5.88 Å². The number of nitrogens with two attached hydrogens (primary N) is 1. The lowest BCUT2D eigenvalue weighted by Crippen LogP contribution is -2.32. The third-order valence-corrected chi connectivity index (χ3v) is 6.51. The fraction of sp³-hybridized carbons (Fsp3) is 0.320. The minimum Gasteiger partial charge on any atom is -0.481 e. The van der Waals surface area contributed by atoms with Crippen molar-refractivity contribution in [3.05, 3.63) is 53.3 Å². The van der Waals surface area contributed by atoms with Gasteiger partial charge in [0.15, 0.2) is 0 Å². The van der Waals surface area contributed by atoms with E-state index in [0.29, 0.717) is 29.1 Å². The van der Waals surface area contributed by atoms with Crippen LogP contribution in [0, 0.1) is 13.8 Å². The second-order valence-corrected chi connectivity index (χ2v) is 9.76. The highest BCUT2D eigenvalue weighted by Gasteiger charge is 2.35. The third-order valence-electron chi connectivity index (χ3n) is 5.42. The SMILES string of the molecule is COc1cc(Nc2ncc(C(F)(F)F)c(Nc3ccc(C)cc3NC(=O)CCSCC(N)C(=O)O)n2)c(C)cn1. The first-order chi connectivity index (χ1) is 18.9. The first-order valence-corrected chi connectivity index (χ1v) is 13.0. The number of aromatic nitrogens is 3. The van der Waals surface area contributed by atoms with Gasteiger partial charge in [-0.25, -0.2) is 9.97 Å². The number of carbonyl (C=O) groups excluding carboxylic acids is 1. The summed E-state index contributed by atoms with van der Waals surface area (Å²) in [6.45, 7) is 3.51. The van der Waals surface area contributed by atoms with E-state index in [9.17, 15) is 22.8 Å². The average molecular weight is 580 g/mol. The molecule has 0 saturated carbocycles. The van der Waals surface area contributed by atoms with Gasteiger partial charge in [-0.2, -0.15) is 29.9 Å². The predicted molar refractivity (Wildman–Crippen MR) is 146 cm³/mol. The van der Waals surface area contributed by atoms with Gasteiger partial charge in [0.2, 0.25) is 17.7 Å². The van der Waals surface area contributed by atoms with Crippen molar-refractivity contribution < 1.29 is 32.6 Å². The summed E-state index contributed by atoms with van der Waals surface area (Å²) in [5.74, 6) is -1.45. The molecule has 6 N–H and O–H groups in total. The second-order valence-electron chi connectivity index (χ2n) is 8.61. The molecule has 1 atom stereocenters. The highest BCUT2D eigenvalue weighted by Crippen LogP contribution is 2.37. The van der Waals surface area contributed by atoms with Gasteiger partial charge in [-0.1, -0.05) is 6.07 Å². The number of alkyl halides is 3. The maximum absolute atomic E-state index is 13.8. The zero-order valence-electron chi connectivity index (χ0n) is 21.8. The molecule has 0 fully saturated rings. The largest absolute Gasteiger partial charge is 0.481 e. The fourth-order valence-electron chi connectivity index (χ4n) is 3.27. The number of carboxylic acid groups (broad SMARTS) is 1. The van der Waals surface area contributed by atoms with Crippen molar-refractivity contribution in [1.29, 1.82) is 0 Å². The van der Waals surface area contributed by atoms with Crippen LogP contribution in [0.15, 0.2) is 36.7 Å². The zero-order chi connectivity index (χ0) is 29.4. The topological polar surface area (TPSA) is 164 Å². The Kier molecular flexibility index (Phi) is 10.1. The van der Waals surface area contributed by atoms with Crippen LogP contribution in [0.3, 0.4) is 0 Å². The van der Waals surface area contributed by atoms with Gasteiger partial charge < -0.3 is 31.5 Å². The number of hydrogen-bond acceptors (Lipinski definition) is 10. The lowest BCUT2D eigenvalue weighted by molar-refractivity contribution is -0.138. The Balaban J connectivity index is 1.83. The van der Waals surface area contributed by atoms with Gasteiger partial charge in [-0.15, -0.1) is 0 Å². The zero-order valence-corrected chi connectivity index (χ0v) is 22.6. The van der Waals surface area contributed by atoms with Gasteiger partial charge in [-0.05, 0) is 37.1 Å². The molecule has 2 heterocycles. The number of amides is 1.